The predicted octanol–water partition coefficient (Wildman–Crippen LogP) is 2.08. The standard InChI is InChI=1S/C12H12ClN5/c1-18-10(5-14)17-12(13)11(18)7-2-3-8-9(4-7)16-6-15-8/h2-4,6H,5,14H2,1H3,(H,15,16). The molecule has 3 rings (SSSR count). The summed E-state index contributed by atoms with van der Waals surface area (Å²) in [5, 5.41) is 0.469. The van der Waals surface area contributed by atoms with Crippen molar-refractivity contribution in [3.05, 3.63) is 35.5 Å². The predicted molar refractivity (Wildman–Crippen MR) is 71.2 cm³/mol. The van der Waals surface area contributed by atoms with Gasteiger partial charge in [-0.2, -0.15) is 0 Å². The first kappa shape index (κ1) is 11.3. The van der Waals surface area contributed by atoms with Gasteiger partial charge in [-0.25, -0.2) is 9.97 Å². The summed E-state index contributed by atoms with van der Waals surface area (Å²) >= 11 is 6.18. The zero-order valence-electron chi connectivity index (χ0n) is 9.81. The first-order valence-electron chi connectivity index (χ1n) is 5.55. The van der Waals surface area contributed by atoms with Crippen molar-refractivity contribution in [2.45, 2.75) is 6.54 Å². The number of hydrogen-bond acceptors (Lipinski definition) is 3. The average molecular weight is 262 g/mol. The quantitative estimate of drug-likeness (QED) is 0.742. The lowest BCUT2D eigenvalue weighted by atomic mass is 10.1. The third-order valence-electron chi connectivity index (χ3n) is 3.02. The molecule has 18 heavy (non-hydrogen) atoms. The largest absolute Gasteiger partial charge is 0.345 e. The molecule has 6 heteroatoms. The Kier molecular flexibility index (Phi) is 2.57. The van der Waals surface area contributed by atoms with Crippen molar-refractivity contribution in [1.29, 1.82) is 0 Å². The van der Waals surface area contributed by atoms with E-state index in [0.29, 0.717) is 11.7 Å². The second-order valence-electron chi connectivity index (χ2n) is 4.07. The molecule has 2 heterocycles. The Labute approximate surface area is 109 Å². The van der Waals surface area contributed by atoms with E-state index in [1.165, 1.54) is 0 Å². The Hall–Kier alpha value is -1.85. The minimum atomic E-state index is 0.364. The van der Waals surface area contributed by atoms with Crippen LogP contribution in [0.3, 0.4) is 0 Å². The Morgan fingerprint density at radius 2 is 2.28 bits per heavy atom. The molecule has 3 aromatic rings. The van der Waals surface area contributed by atoms with Crippen LogP contribution in [0.15, 0.2) is 24.5 Å². The van der Waals surface area contributed by atoms with E-state index < -0.39 is 0 Å². The molecule has 0 bridgehead atoms. The number of rotatable bonds is 2. The number of aromatic nitrogens is 4. The molecule has 2 aromatic heterocycles. The van der Waals surface area contributed by atoms with E-state index >= 15 is 0 Å². The van der Waals surface area contributed by atoms with Crippen LogP contribution < -0.4 is 5.73 Å². The van der Waals surface area contributed by atoms with Crippen molar-refractivity contribution < 1.29 is 0 Å². The zero-order chi connectivity index (χ0) is 12.7. The smallest absolute Gasteiger partial charge is 0.155 e. The van der Waals surface area contributed by atoms with Crippen LogP contribution in [0.5, 0.6) is 0 Å². The first-order valence-corrected chi connectivity index (χ1v) is 5.93. The molecule has 0 spiro atoms. The molecule has 0 amide bonds. The van der Waals surface area contributed by atoms with Gasteiger partial charge in [-0.15, -0.1) is 0 Å². The van der Waals surface area contributed by atoms with E-state index in [2.05, 4.69) is 15.0 Å². The topological polar surface area (TPSA) is 72.5 Å². The SMILES string of the molecule is Cn1c(CN)nc(Cl)c1-c1ccc2nc[nH]c2c1. The second-order valence-corrected chi connectivity index (χ2v) is 4.42. The molecule has 3 N–H and O–H groups in total. The summed E-state index contributed by atoms with van der Waals surface area (Å²) in [5.74, 6) is 0.764. The maximum Gasteiger partial charge on any atom is 0.155 e. The van der Waals surface area contributed by atoms with Crippen molar-refractivity contribution in [1.82, 2.24) is 19.5 Å². The van der Waals surface area contributed by atoms with Crippen LogP contribution in [-0.4, -0.2) is 19.5 Å². The normalized spacial score (nSPS) is 11.3. The maximum absolute atomic E-state index is 6.18. The van der Waals surface area contributed by atoms with Gasteiger partial charge in [0.2, 0.25) is 0 Å². The number of benzene rings is 1. The molecule has 0 aliphatic heterocycles. The third kappa shape index (κ3) is 1.60. The molecule has 0 fully saturated rings. The molecule has 5 nitrogen and oxygen atoms in total. The fraction of sp³-hybridized carbons (Fsp3) is 0.167. The number of fused-ring (bicyclic) bond motifs is 1. The van der Waals surface area contributed by atoms with Gasteiger partial charge >= 0.3 is 0 Å². The van der Waals surface area contributed by atoms with Crippen molar-refractivity contribution in [2.24, 2.45) is 12.8 Å². The monoisotopic (exact) mass is 261 g/mol. The summed E-state index contributed by atoms with van der Waals surface area (Å²) < 4.78 is 1.92. The number of aromatic amines is 1. The number of hydrogen-bond donors (Lipinski definition) is 2. The van der Waals surface area contributed by atoms with E-state index in [4.69, 9.17) is 17.3 Å². The lowest BCUT2D eigenvalue weighted by Crippen LogP contribution is -2.05. The van der Waals surface area contributed by atoms with E-state index in [9.17, 15) is 0 Å². The number of nitrogens with one attached hydrogen (secondary N) is 1. The molecule has 0 aliphatic rings. The van der Waals surface area contributed by atoms with Gasteiger partial charge in [0.05, 0.1) is 29.6 Å². The highest BCUT2D eigenvalue weighted by molar-refractivity contribution is 6.32. The average Bonchev–Trinajstić information content (AvgIpc) is 2.93. The van der Waals surface area contributed by atoms with E-state index in [1.54, 1.807) is 6.33 Å². The molecule has 0 radical (unpaired) electrons. The van der Waals surface area contributed by atoms with Crippen molar-refractivity contribution >= 4 is 22.6 Å². The number of halogens is 1. The highest BCUT2D eigenvalue weighted by Gasteiger charge is 2.14. The molecular weight excluding hydrogens is 250 g/mol. The van der Waals surface area contributed by atoms with E-state index in [1.807, 2.05) is 29.8 Å². The second kappa shape index (κ2) is 4.12. The number of H-pyrrole nitrogens is 1. The molecule has 1 aromatic carbocycles. The molecule has 92 valence electrons. The Morgan fingerprint density at radius 3 is 3.00 bits per heavy atom. The fourth-order valence-corrected chi connectivity index (χ4v) is 2.42. The summed E-state index contributed by atoms with van der Waals surface area (Å²) in [6.45, 7) is 0.364. The molecule has 0 saturated carbocycles. The lowest BCUT2D eigenvalue weighted by Gasteiger charge is -2.05. The Morgan fingerprint density at radius 1 is 1.44 bits per heavy atom. The number of nitrogens with two attached hydrogens (primary N) is 1. The van der Waals surface area contributed by atoms with Crippen molar-refractivity contribution in [3.63, 3.8) is 0 Å². The van der Waals surface area contributed by atoms with E-state index in [-0.39, 0.29) is 0 Å². The maximum atomic E-state index is 6.18. The van der Waals surface area contributed by atoms with Gasteiger partial charge in [-0.05, 0) is 12.1 Å². The Balaban J connectivity index is 2.21. The van der Waals surface area contributed by atoms with Gasteiger partial charge in [0.15, 0.2) is 5.15 Å². The van der Waals surface area contributed by atoms with Gasteiger partial charge in [0.25, 0.3) is 0 Å². The van der Waals surface area contributed by atoms with Crippen LogP contribution in [0.25, 0.3) is 22.3 Å². The van der Waals surface area contributed by atoms with Crippen molar-refractivity contribution in [3.8, 4) is 11.3 Å². The van der Waals surface area contributed by atoms with Gasteiger partial charge in [0, 0.05) is 12.6 Å². The molecule has 0 saturated heterocycles. The van der Waals surface area contributed by atoms with Gasteiger partial charge in [0.1, 0.15) is 5.82 Å². The van der Waals surface area contributed by atoms with Gasteiger partial charge in [-0.1, -0.05) is 17.7 Å². The first-order chi connectivity index (χ1) is 8.70. The number of imidazole rings is 2. The molecule has 0 atom stereocenters. The highest BCUT2D eigenvalue weighted by atomic mass is 35.5. The third-order valence-corrected chi connectivity index (χ3v) is 3.28. The van der Waals surface area contributed by atoms with Crippen LogP contribution in [0.4, 0.5) is 0 Å². The fourth-order valence-electron chi connectivity index (χ4n) is 2.09. The molecular formula is C12H12ClN5. The number of nitrogens with zero attached hydrogens (tertiary/aromatic N) is 3. The lowest BCUT2D eigenvalue weighted by molar-refractivity contribution is 0.799. The summed E-state index contributed by atoms with van der Waals surface area (Å²) in [6, 6.07) is 5.94. The summed E-state index contributed by atoms with van der Waals surface area (Å²) in [7, 11) is 1.91. The van der Waals surface area contributed by atoms with Crippen LogP contribution in [0, 0.1) is 0 Å². The van der Waals surface area contributed by atoms with Crippen LogP contribution in [0.2, 0.25) is 5.15 Å². The van der Waals surface area contributed by atoms with Crippen LogP contribution >= 0.6 is 11.6 Å². The van der Waals surface area contributed by atoms with Crippen LogP contribution in [-0.2, 0) is 13.6 Å². The highest BCUT2D eigenvalue weighted by Crippen LogP contribution is 2.29. The van der Waals surface area contributed by atoms with Crippen LogP contribution in [0.1, 0.15) is 5.82 Å². The summed E-state index contributed by atoms with van der Waals surface area (Å²) in [5.41, 5.74) is 9.39. The molecule has 0 aliphatic carbocycles. The summed E-state index contributed by atoms with van der Waals surface area (Å²) in [4.78, 5) is 11.5. The minimum absolute atomic E-state index is 0.364. The van der Waals surface area contributed by atoms with Crippen molar-refractivity contribution in [2.75, 3.05) is 0 Å². The zero-order valence-corrected chi connectivity index (χ0v) is 10.6. The minimum Gasteiger partial charge on any atom is -0.345 e. The van der Waals surface area contributed by atoms with E-state index in [0.717, 1.165) is 28.1 Å². The molecule has 0 unspecified atom stereocenters. The van der Waals surface area contributed by atoms with Gasteiger partial charge < -0.3 is 15.3 Å². The Bertz CT molecular complexity index is 712. The summed E-state index contributed by atoms with van der Waals surface area (Å²) in [6.07, 6.45) is 1.67. The van der Waals surface area contributed by atoms with Gasteiger partial charge in [-0.3, -0.25) is 0 Å².